The Morgan fingerprint density at radius 3 is 2.76 bits per heavy atom. The van der Waals surface area contributed by atoms with Crippen LogP contribution in [0, 0.1) is 0 Å². The summed E-state index contributed by atoms with van der Waals surface area (Å²) in [6, 6.07) is 5.07. The van der Waals surface area contributed by atoms with Crippen molar-refractivity contribution in [1.29, 1.82) is 0 Å². The van der Waals surface area contributed by atoms with E-state index >= 15 is 0 Å². The van der Waals surface area contributed by atoms with Gasteiger partial charge in [-0.05, 0) is 43.1 Å². The van der Waals surface area contributed by atoms with Gasteiger partial charge in [0.05, 0.1) is 4.90 Å². The number of primary sulfonamides is 1. The van der Waals surface area contributed by atoms with E-state index in [9.17, 15) is 8.42 Å². The molecule has 1 aliphatic heterocycles. The fourth-order valence-electron chi connectivity index (χ4n) is 2.14. The second kappa shape index (κ2) is 4.64. The van der Waals surface area contributed by atoms with Crippen LogP contribution in [0.15, 0.2) is 23.1 Å². The Kier molecular flexibility index (Phi) is 3.37. The molecule has 0 aliphatic carbocycles. The molecule has 0 fully saturated rings. The molecule has 5 nitrogen and oxygen atoms in total. The molecule has 0 saturated carbocycles. The summed E-state index contributed by atoms with van der Waals surface area (Å²) in [6.07, 6.45) is 1.81. The van der Waals surface area contributed by atoms with Gasteiger partial charge in [0.2, 0.25) is 10.0 Å². The van der Waals surface area contributed by atoms with E-state index < -0.39 is 10.0 Å². The minimum atomic E-state index is -3.60. The maximum absolute atomic E-state index is 11.2. The maximum Gasteiger partial charge on any atom is 0.238 e. The predicted octanol–water partition coefficient (Wildman–Crippen LogP) is 0.0453. The van der Waals surface area contributed by atoms with Crippen molar-refractivity contribution in [3.63, 3.8) is 0 Å². The highest BCUT2D eigenvalue weighted by atomic mass is 32.2. The highest BCUT2D eigenvalue weighted by Crippen LogP contribution is 2.29. The highest BCUT2D eigenvalue weighted by Gasteiger charge is 2.20. The van der Waals surface area contributed by atoms with Gasteiger partial charge in [-0.2, -0.15) is 0 Å². The Morgan fingerprint density at radius 1 is 1.35 bits per heavy atom. The fraction of sp³-hybridized carbons (Fsp3) is 0.455. The quantitative estimate of drug-likeness (QED) is 0.795. The molecule has 0 atom stereocenters. The van der Waals surface area contributed by atoms with Gasteiger partial charge >= 0.3 is 0 Å². The Balaban J connectivity index is 2.26. The lowest BCUT2D eigenvalue weighted by Crippen LogP contribution is -2.23. The van der Waals surface area contributed by atoms with Gasteiger partial charge in [0.15, 0.2) is 0 Å². The SMILES string of the molecule is NCCCN1CCc2cc(S(N)(=O)=O)ccc21. The molecule has 0 radical (unpaired) electrons. The van der Waals surface area contributed by atoms with Gasteiger partial charge in [0.1, 0.15) is 0 Å². The third kappa shape index (κ3) is 2.59. The van der Waals surface area contributed by atoms with Crippen LogP contribution in [0.1, 0.15) is 12.0 Å². The smallest absolute Gasteiger partial charge is 0.238 e. The molecular formula is C11H17N3O2S. The molecule has 1 aromatic carbocycles. The number of hydrogen-bond donors (Lipinski definition) is 2. The zero-order valence-corrected chi connectivity index (χ0v) is 10.4. The molecule has 1 aromatic rings. The minimum Gasteiger partial charge on any atom is -0.371 e. The van der Waals surface area contributed by atoms with Gasteiger partial charge in [-0.15, -0.1) is 0 Å². The molecule has 4 N–H and O–H groups in total. The first kappa shape index (κ1) is 12.3. The minimum absolute atomic E-state index is 0.192. The third-order valence-electron chi connectivity index (χ3n) is 3.00. The van der Waals surface area contributed by atoms with Crippen LogP contribution in [0.3, 0.4) is 0 Å². The summed E-state index contributed by atoms with van der Waals surface area (Å²) in [7, 11) is -3.60. The van der Waals surface area contributed by atoms with Crippen LogP contribution < -0.4 is 15.8 Å². The number of nitrogens with two attached hydrogens (primary N) is 2. The van der Waals surface area contributed by atoms with E-state index in [2.05, 4.69) is 4.90 Å². The van der Waals surface area contributed by atoms with E-state index in [1.165, 1.54) is 0 Å². The number of sulfonamides is 1. The highest BCUT2D eigenvalue weighted by molar-refractivity contribution is 7.89. The number of benzene rings is 1. The molecular weight excluding hydrogens is 238 g/mol. The molecule has 1 heterocycles. The second-order valence-corrected chi connectivity index (χ2v) is 5.78. The van der Waals surface area contributed by atoms with E-state index in [0.717, 1.165) is 37.2 Å². The van der Waals surface area contributed by atoms with Crippen molar-refractivity contribution in [2.45, 2.75) is 17.7 Å². The van der Waals surface area contributed by atoms with Crippen molar-refractivity contribution in [2.24, 2.45) is 10.9 Å². The van der Waals surface area contributed by atoms with Gasteiger partial charge in [-0.3, -0.25) is 0 Å². The zero-order valence-electron chi connectivity index (χ0n) is 9.59. The number of anilines is 1. The number of rotatable bonds is 4. The van der Waals surface area contributed by atoms with Gasteiger partial charge < -0.3 is 10.6 Å². The van der Waals surface area contributed by atoms with Crippen LogP contribution in [0.25, 0.3) is 0 Å². The Morgan fingerprint density at radius 2 is 2.12 bits per heavy atom. The summed E-state index contributed by atoms with van der Waals surface area (Å²) in [5.41, 5.74) is 7.64. The third-order valence-corrected chi connectivity index (χ3v) is 3.91. The second-order valence-electron chi connectivity index (χ2n) is 4.21. The van der Waals surface area contributed by atoms with E-state index in [0.29, 0.717) is 6.54 Å². The van der Waals surface area contributed by atoms with Crippen molar-refractivity contribution < 1.29 is 8.42 Å². The summed E-state index contributed by atoms with van der Waals surface area (Å²) in [5, 5.41) is 5.11. The van der Waals surface area contributed by atoms with E-state index in [1.807, 2.05) is 6.07 Å². The molecule has 94 valence electrons. The van der Waals surface area contributed by atoms with E-state index in [4.69, 9.17) is 10.9 Å². The molecule has 0 bridgehead atoms. The molecule has 0 amide bonds. The topological polar surface area (TPSA) is 89.4 Å². The fourth-order valence-corrected chi connectivity index (χ4v) is 2.70. The van der Waals surface area contributed by atoms with E-state index in [-0.39, 0.29) is 4.90 Å². The summed E-state index contributed by atoms with van der Waals surface area (Å²) < 4.78 is 22.5. The molecule has 1 aliphatic rings. The predicted molar refractivity (Wildman–Crippen MR) is 67.4 cm³/mol. The number of fused-ring (bicyclic) bond motifs is 1. The van der Waals surface area contributed by atoms with Crippen LogP contribution in [-0.2, 0) is 16.4 Å². The monoisotopic (exact) mass is 255 g/mol. The molecule has 0 aromatic heterocycles. The first-order chi connectivity index (χ1) is 8.02. The standard InChI is InChI=1S/C11H17N3O2S/c12-5-1-6-14-7-4-9-8-10(17(13,15)16)2-3-11(9)14/h2-3,8H,1,4-7,12H2,(H2,13,15,16). The average molecular weight is 255 g/mol. The normalized spacial score (nSPS) is 15.1. The van der Waals surface area contributed by atoms with Crippen LogP contribution in [0.5, 0.6) is 0 Å². The van der Waals surface area contributed by atoms with Gasteiger partial charge in [0.25, 0.3) is 0 Å². The lowest BCUT2D eigenvalue weighted by atomic mass is 10.2. The lowest BCUT2D eigenvalue weighted by Gasteiger charge is -2.18. The lowest BCUT2D eigenvalue weighted by molar-refractivity contribution is 0.597. The van der Waals surface area contributed by atoms with Gasteiger partial charge in [-0.25, -0.2) is 13.6 Å². The Hall–Kier alpha value is -1.11. The van der Waals surface area contributed by atoms with Crippen LogP contribution in [0.4, 0.5) is 5.69 Å². The van der Waals surface area contributed by atoms with E-state index in [1.54, 1.807) is 12.1 Å². The molecule has 17 heavy (non-hydrogen) atoms. The number of hydrogen-bond acceptors (Lipinski definition) is 4. The summed E-state index contributed by atoms with van der Waals surface area (Å²) in [6.45, 7) is 2.50. The van der Waals surface area contributed by atoms with Crippen LogP contribution in [-0.4, -0.2) is 28.1 Å². The van der Waals surface area contributed by atoms with Crippen molar-refractivity contribution in [3.8, 4) is 0 Å². The number of nitrogens with zero attached hydrogens (tertiary/aromatic N) is 1. The first-order valence-electron chi connectivity index (χ1n) is 5.63. The van der Waals surface area contributed by atoms with Crippen molar-refractivity contribution in [3.05, 3.63) is 23.8 Å². The summed E-state index contributed by atoms with van der Waals surface area (Å²) >= 11 is 0. The summed E-state index contributed by atoms with van der Waals surface area (Å²) in [5.74, 6) is 0. The largest absolute Gasteiger partial charge is 0.371 e. The zero-order chi connectivity index (χ0) is 12.5. The van der Waals surface area contributed by atoms with Crippen molar-refractivity contribution in [1.82, 2.24) is 0 Å². The van der Waals surface area contributed by atoms with Gasteiger partial charge in [-0.1, -0.05) is 0 Å². The molecule has 0 unspecified atom stereocenters. The molecule has 0 spiro atoms. The first-order valence-corrected chi connectivity index (χ1v) is 7.18. The molecule has 6 heteroatoms. The summed E-state index contributed by atoms with van der Waals surface area (Å²) in [4.78, 5) is 2.42. The van der Waals surface area contributed by atoms with Crippen LogP contribution >= 0.6 is 0 Å². The Labute approximate surface area is 101 Å². The average Bonchev–Trinajstić information content (AvgIpc) is 2.67. The Bertz CT molecular complexity index is 513. The van der Waals surface area contributed by atoms with Crippen molar-refractivity contribution in [2.75, 3.05) is 24.5 Å². The molecule has 2 rings (SSSR count). The molecule has 0 saturated heterocycles. The van der Waals surface area contributed by atoms with Crippen molar-refractivity contribution >= 4 is 15.7 Å². The van der Waals surface area contributed by atoms with Gasteiger partial charge in [0, 0.05) is 18.8 Å². The maximum atomic E-state index is 11.2. The van der Waals surface area contributed by atoms with Crippen LogP contribution in [0.2, 0.25) is 0 Å².